The molecule has 4 bridgehead atoms. The fourth-order valence-electron chi connectivity index (χ4n) is 6.49. The first-order chi connectivity index (χ1) is 10.6. The molecule has 1 N–H and O–H groups in total. The van der Waals surface area contributed by atoms with Gasteiger partial charge in [-0.05, 0) is 68.1 Å². The van der Waals surface area contributed by atoms with Crippen molar-refractivity contribution < 1.29 is 8.78 Å². The monoisotopic (exact) mass is 307 g/mol. The van der Waals surface area contributed by atoms with Crippen molar-refractivity contribution >= 4 is 5.82 Å². The number of anilines is 1. The standard InChI is InChI=1S/C17H23F2N3/c18-16(19)13-6-14(21-15-1-2-20-22(13)15)17-7-10-3-11(8-17)5-12(4-10)9-17/h1-2,10-14,16,21H,3-9H2/t10?,11?,12?,13-,14+,17?/m0/s1. The van der Waals surface area contributed by atoms with Crippen LogP contribution in [0.3, 0.4) is 0 Å². The minimum Gasteiger partial charge on any atom is -0.367 e. The molecular weight excluding hydrogens is 284 g/mol. The fourth-order valence-corrected chi connectivity index (χ4v) is 6.49. The Labute approximate surface area is 129 Å². The molecule has 6 rings (SSSR count). The maximum absolute atomic E-state index is 13.5. The second kappa shape index (κ2) is 4.45. The molecule has 22 heavy (non-hydrogen) atoms. The van der Waals surface area contributed by atoms with E-state index in [0.29, 0.717) is 6.42 Å². The lowest BCUT2D eigenvalue weighted by atomic mass is 9.47. The van der Waals surface area contributed by atoms with E-state index in [4.69, 9.17) is 0 Å². The van der Waals surface area contributed by atoms with Crippen LogP contribution < -0.4 is 5.32 Å². The number of rotatable bonds is 2. The third kappa shape index (κ3) is 1.80. The first-order valence-corrected chi connectivity index (χ1v) is 8.71. The number of fused-ring (bicyclic) bond motifs is 1. The molecule has 2 atom stereocenters. The van der Waals surface area contributed by atoms with Crippen LogP contribution in [0.25, 0.3) is 0 Å². The number of halogens is 2. The van der Waals surface area contributed by atoms with E-state index in [0.717, 1.165) is 23.6 Å². The molecule has 1 aromatic rings. The van der Waals surface area contributed by atoms with Crippen molar-refractivity contribution in [3.8, 4) is 0 Å². The van der Waals surface area contributed by atoms with Crippen molar-refractivity contribution in [1.82, 2.24) is 9.78 Å². The molecule has 0 aromatic carbocycles. The molecule has 0 saturated heterocycles. The second-order valence-corrected chi connectivity index (χ2v) is 8.28. The Bertz CT molecular complexity index is 547. The zero-order chi connectivity index (χ0) is 14.9. The Kier molecular flexibility index (Phi) is 2.70. The van der Waals surface area contributed by atoms with Gasteiger partial charge in [0, 0.05) is 12.1 Å². The molecule has 4 fully saturated rings. The molecule has 5 aliphatic rings. The van der Waals surface area contributed by atoms with Crippen LogP contribution in [0.15, 0.2) is 12.3 Å². The lowest BCUT2D eigenvalue weighted by molar-refractivity contribution is -0.0723. The molecular formula is C17H23F2N3. The zero-order valence-corrected chi connectivity index (χ0v) is 12.7. The van der Waals surface area contributed by atoms with Gasteiger partial charge in [0.25, 0.3) is 6.43 Å². The molecule has 4 saturated carbocycles. The van der Waals surface area contributed by atoms with Crippen LogP contribution in [0, 0.1) is 23.2 Å². The number of alkyl halides is 2. The first-order valence-electron chi connectivity index (χ1n) is 8.71. The van der Waals surface area contributed by atoms with E-state index in [-0.39, 0.29) is 11.5 Å². The number of hydrogen-bond acceptors (Lipinski definition) is 2. The molecule has 0 spiro atoms. The summed E-state index contributed by atoms with van der Waals surface area (Å²) in [5, 5.41) is 7.70. The SMILES string of the molecule is FC(F)[C@@H]1C[C@H](C23CC4CC(CC(C4)C2)C3)Nc2ccnn21. The maximum Gasteiger partial charge on any atom is 0.260 e. The molecule has 3 nitrogen and oxygen atoms in total. The summed E-state index contributed by atoms with van der Waals surface area (Å²) in [4.78, 5) is 0. The van der Waals surface area contributed by atoms with E-state index in [1.807, 2.05) is 6.07 Å². The normalized spacial score (nSPS) is 45.9. The highest BCUT2D eigenvalue weighted by Gasteiger charge is 2.55. The van der Waals surface area contributed by atoms with E-state index >= 15 is 0 Å². The van der Waals surface area contributed by atoms with E-state index in [1.54, 1.807) is 6.20 Å². The Hall–Kier alpha value is -1.13. The lowest BCUT2D eigenvalue weighted by Crippen LogP contribution is -2.56. The molecule has 1 aliphatic heterocycles. The smallest absolute Gasteiger partial charge is 0.260 e. The van der Waals surface area contributed by atoms with Crippen LogP contribution in [-0.2, 0) is 0 Å². The van der Waals surface area contributed by atoms with E-state index in [9.17, 15) is 8.78 Å². The van der Waals surface area contributed by atoms with Gasteiger partial charge in [-0.25, -0.2) is 13.5 Å². The Balaban J connectivity index is 1.49. The van der Waals surface area contributed by atoms with Crippen molar-refractivity contribution in [3.63, 3.8) is 0 Å². The van der Waals surface area contributed by atoms with Crippen LogP contribution in [0.4, 0.5) is 14.6 Å². The minimum atomic E-state index is -2.34. The predicted octanol–water partition coefficient (Wildman–Crippen LogP) is 4.09. The summed E-state index contributed by atoms with van der Waals surface area (Å²) in [6.45, 7) is 0. The number of nitrogens with one attached hydrogen (secondary N) is 1. The molecule has 4 aliphatic carbocycles. The van der Waals surface area contributed by atoms with Gasteiger partial charge in [-0.15, -0.1) is 0 Å². The number of nitrogens with zero attached hydrogens (tertiary/aromatic N) is 2. The van der Waals surface area contributed by atoms with Crippen LogP contribution in [0.5, 0.6) is 0 Å². The van der Waals surface area contributed by atoms with Gasteiger partial charge in [0.2, 0.25) is 0 Å². The summed E-state index contributed by atoms with van der Waals surface area (Å²) in [7, 11) is 0. The Morgan fingerprint density at radius 3 is 2.32 bits per heavy atom. The van der Waals surface area contributed by atoms with E-state index in [1.165, 1.54) is 43.2 Å². The summed E-state index contributed by atoms with van der Waals surface area (Å²) >= 11 is 0. The van der Waals surface area contributed by atoms with Gasteiger partial charge in [-0.1, -0.05) is 0 Å². The molecule has 0 unspecified atom stereocenters. The highest BCUT2D eigenvalue weighted by Crippen LogP contribution is 2.62. The third-order valence-corrected chi connectivity index (χ3v) is 6.90. The zero-order valence-electron chi connectivity index (χ0n) is 12.7. The van der Waals surface area contributed by atoms with Gasteiger partial charge in [0.15, 0.2) is 0 Å². The highest BCUT2D eigenvalue weighted by atomic mass is 19.3. The average Bonchev–Trinajstić information content (AvgIpc) is 2.92. The van der Waals surface area contributed by atoms with E-state index < -0.39 is 12.5 Å². The summed E-state index contributed by atoms with van der Waals surface area (Å²) in [5.74, 6) is 3.34. The molecule has 120 valence electrons. The lowest BCUT2D eigenvalue weighted by Gasteiger charge is -2.60. The number of hydrogen-bond donors (Lipinski definition) is 1. The van der Waals surface area contributed by atoms with Gasteiger partial charge in [-0.2, -0.15) is 5.10 Å². The van der Waals surface area contributed by atoms with Crippen LogP contribution in [-0.4, -0.2) is 22.2 Å². The first kappa shape index (κ1) is 13.3. The van der Waals surface area contributed by atoms with Crippen molar-refractivity contribution in [2.45, 2.75) is 63.5 Å². The maximum atomic E-state index is 13.5. The van der Waals surface area contributed by atoms with Gasteiger partial charge in [-0.3, -0.25) is 0 Å². The van der Waals surface area contributed by atoms with Crippen molar-refractivity contribution in [3.05, 3.63) is 12.3 Å². The van der Waals surface area contributed by atoms with Gasteiger partial charge >= 0.3 is 0 Å². The molecule has 5 heteroatoms. The van der Waals surface area contributed by atoms with Gasteiger partial charge in [0.1, 0.15) is 11.9 Å². The highest BCUT2D eigenvalue weighted by molar-refractivity contribution is 5.39. The predicted molar refractivity (Wildman–Crippen MR) is 79.9 cm³/mol. The summed E-state index contributed by atoms with van der Waals surface area (Å²) in [6, 6.07) is 1.29. The van der Waals surface area contributed by atoms with Crippen LogP contribution in [0.2, 0.25) is 0 Å². The van der Waals surface area contributed by atoms with E-state index in [2.05, 4.69) is 10.4 Å². The second-order valence-electron chi connectivity index (χ2n) is 8.28. The Morgan fingerprint density at radius 1 is 1.09 bits per heavy atom. The summed E-state index contributed by atoms with van der Waals surface area (Å²) in [6.07, 6.45) is 7.75. The average molecular weight is 307 g/mol. The number of aromatic nitrogens is 2. The fraction of sp³-hybridized carbons (Fsp3) is 0.824. The topological polar surface area (TPSA) is 29.9 Å². The Morgan fingerprint density at radius 2 is 1.73 bits per heavy atom. The molecule has 2 heterocycles. The summed E-state index contributed by atoms with van der Waals surface area (Å²) < 4.78 is 28.6. The van der Waals surface area contributed by atoms with Crippen molar-refractivity contribution in [1.29, 1.82) is 0 Å². The quantitative estimate of drug-likeness (QED) is 0.892. The largest absolute Gasteiger partial charge is 0.367 e. The van der Waals surface area contributed by atoms with Gasteiger partial charge < -0.3 is 5.32 Å². The third-order valence-electron chi connectivity index (χ3n) is 6.90. The van der Waals surface area contributed by atoms with Crippen molar-refractivity contribution in [2.24, 2.45) is 23.2 Å². The van der Waals surface area contributed by atoms with Crippen molar-refractivity contribution in [2.75, 3.05) is 5.32 Å². The summed E-state index contributed by atoms with van der Waals surface area (Å²) in [5.41, 5.74) is 0.261. The van der Waals surface area contributed by atoms with Gasteiger partial charge in [0.05, 0.1) is 6.20 Å². The molecule has 0 radical (unpaired) electrons. The van der Waals surface area contributed by atoms with Crippen LogP contribution in [0.1, 0.15) is 51.0 Å². The molecule has 0 amide bonds. The van der Waals surface area contributed by atoms with Crippen LogP contribution >= 0.6 is 0 Å². The molecule has 1 aromatic heterocycles. The minimum absolute atomic E-state index is 0.198.